The SMILES string of the molecule is C=CCOc1c(Br)cc(/C=c2\sc3n(c2=O)[C@H](c2ccc(OCC)cc2)C(C(=O)Nc2ccccc2)=C(C)N=3)cc1OC. The molecule has 1 aromatic heterocycles. The predicted molar refractivity (Wildman–Crippen MR) is 173 cm³/mol. The first kappa shape index (κ1) is 30.1. The molecule has 2 heterocycles. The van der Waals surface area contributed by atoms with Crippen LogP contribution in [-0.4, -0.2) is 30.8 Å². The summed E-state index contributed by atoms with van der Waals surface area (Å²) in [7, 11) is 1.56. The molecule has 43 heavy (non-hydrogen) atoms. The minimum absolute atomic E-state index is 0.262. The Kier molecular flexibility index (Phi) is 9.27. The van der Waals surface area contributed by atoms with E-state index in [0.717, 1.165) is 11.1 Å². The molecule has 8 nitrogen and oxygen atoms in total. The lowest BCUT2D eigenvalue weighted by molar-refractivity contribution is -0.113. The van der Waals surface area contributed by atoms with Gasteiger partial charge in [0, 0.05) is 5.69 Å². The molecule has 1 atom stereocenters. The zero-order valence-corrected chi connectivity index (χ0v) is 26.3. The number of thiazole rings is 1. The Hall–Kier alpha value is -4.41. The average Bonchev–Trinajstić information content (AvgIpc) is 3.30. The van der Waals surface area contributed by atoms with Gasteiger partial charge in [0.25, 0.3) is 11.5 Å². The maximum Gasteiger partial charge on any atom is 0.271 e. The molecular weight excluding hydrogens is 630 g/mol. The molecule has 0 unspecified atom stereocenters. The van der Waals surface area contributed by atoms with Gasteiger partial charge in [-0.15, -0.1) is 0 Å². The summed E-state index contributed by atoms with van der Waals surface area (Å²) < 4.78 is 19.7. The first-order chi connectivity index (χ1) is 20.8. The summed E-state index contributed by atoms with van der Waals surface area (Å²) in [5.41, 5.74) is 2.80. The quantitative estimate of drug-likeness (QED) is 0.224. The minimum atomic E-state index is -0.700. The molecule has 5 rings (SSSR count). The van der Waals surface area contributed by atoms with E-state index in [0.29, 0.717) is 61.2 Å². The molecule has 0 fully saturated rings. The third-order valence-electron chi connectivity index (χ3n) is 6.70. The lowest BCUT2D eigenvalue weighted by Gasteiger charge is -2.25. The summed E-state index contributed by atoms with van der Waals surface area (Å²) in [6.45, 7) is 8.25. The van der Waals surface area contributed by atoms with Crippen molar-refractivity contribution in [2.24, 2.45) is 4.99 Å². The Labute approximate surface area is 261 Å². The molecule has 10 heteroatoms. The van der Waals surface area contributed by atoms with E-state index in [4.69, 9.17) is 19.2 Å². The number of fused-ring (bicyclic) bond motifs is 1. The number of carbonyl (C=O) groups excluding carboxylic acids is 1. The van der Waals surface area contributed by atoms with Gasteiger partial charge in [-0.3, -0.25) is 14.2 Å². The van der Waals surface area contributed by atoms with Crippen LogP contribution in [0.2, 0.25) is 0 Å². The fourth-order valence-electron chi connectivity index (χ4n) is 4.82. The molecular formula is C33H30BrN3O5S. The number of hydrogen-bond acceptors (Lipinski definition) is 7. The third-order valence-corrected chi connectivity index (χ3v) is 8.27. The first-order valence-electron chi connectivity index (χ1n) is 13.6. The van der Waals surface area contributed by atoms with E-state index in [1.807, 2.05) is 67.6 Å². The number of aromatic nitrogens is 1. The lowest BCUT2D eigenvalue weighted by atomic mass is 9.95. The maximum atomic E-state index is 14.1. The van der Waals surface area contributed by atoms with E-state index in [9.17, 15) is 9.59 Å². The number of para-hydroxylation sites is 1. The summed E-state index contributed by atoms with van der Waals surface area (Å²) in [4.78, 5) is 33.1. The van der Waals surface area contributed by atoms with Crippen molar-refractivity contribution in [3.8, 4) is 17.2 Å². The Balaban J connectivity index is 1.64. The molecule has 1 aliphatic heterocycles. The Morgan fingerprint density at radius 3 is 2.56 bits per heavy atom. The molecule has 0 saturated carbocycles. The number of methoxy groups -OCH3 is 1. The van der Waals surface area contributed by atoms with Crippen LogP contribution in [0.3, 0.4) is 0 Å². The van der Waals surface area contributed by atoms with Crippen molar-refractivity contribution >= 4 is 44.9 Å². The fraction of sp³-hybridized carbons (Fsp3) is 0.182. The van der Waals surface area contributed by atoms with E-state index < -0.39 is 6.04 Å². The molecule has 3 aromatic carbocycles. The fourth-order valence-corrected chi connectivity index (χ4v) is 6.44. The van der Waals surface area contributed by atoms with Crippen LogP contribution in [0.4, 0.5) is 5.69 Å². The highest BCUT2D eigenvalue weighted by Gasteiger charge is 2.32. The standard InChI is InChI=1S/C33H30BrN3O5S/c1-5-16-42-30-25(34)17-21(18-26(30)40-4)19-27-32(39)37-29(22-12-14-24(15-13-22)41-6-2)28(20(3)35-33(37)43-27)31(38)36-23-10-8-7-9-11-23/h5,7-15,17-19,29H,1,6,16H2,2-4H3,(H,36,38)/b27-19-/t29-/m1/s1. The molecule has 220 valence electrons. The number of nitrogens with zero attached hydrogens (tertiary/aromatic N) is 2. The van der Waals surface area contributed by atoms with Crippen molar-refractivity contribution in [2.45, 2.75) is 19.9 Å². The normalized spacial score (nSPS) is 14.5. The summed E-state index contributed by atoms with van der Waals surface area (Å²) in [5, 5.41) is 2.97. The van der Waals surface area contributed by atoms with E-state index >= 15 is 0 Å². The number of carbonyl (C=O) groups is 1. The van der Waals surface area contributed by atoms with Crippen molar-refractivity contribution in [3.63, 3.8) is 0 Å². The number of benzene rings is 3. The number of nitrogens with one attached hydrogen (secondary N) is 1. The van der Waals surface area contributed by atoms with E-state index in [-0.39, 0.29) is 11.5 Å². The minimum Gasteiger partial charge on any atom is -0.494 e. The largest absolute Gasteiger partial charge is 0.494 e. The van der Waals surface area contributed by atoms with Gasteiger partial charge in [0.1, 0.15) is 12.4 Å². The number of hydrogen-bond donors (Lipinski definition) is 1. The molecule has 1 aliphatic rings. The Morgan fingerprint density at radius 2 is 1.88 bits per heavy atom. The molecule has 1 amide bonds. The van der Waals surface area contributed by atoms with Crippen molar-refractivity contribution in [2.75, 3.05) is 25.6 Å². The third kappa shape index (κ3) is 6.35. The highest BCUT2D eigenvalue weighted by Crippen LogP contribution is 2.37. The zero-order chi connectivity index (χ0) is 30.5. The average molecular weight is 661 g/mol. The van der Waals surface area contributed by atoms with E-state index in [1.54, 1.807) is 36.8 Å². The van der Waals surface area contributed by atoms with Gasteiger partial charge in [0.15, 0.2) is 16.3 Å². The van der Waals surface area contributed by atoms with Gasteiger partial charge in [0.05, 0.1) is 40.0 Å². The van der Waals surface area contributed by atoms with Gasteiger partial charge in [-0.05, 0) is 83.4 Å². The lowest BCUT2D eigenvalue weighted by Crippen LogP contribution is -2.40. The second-order valence-electron chi connectivity index (χ2n) is 9.54. The number of rotatable bonds is 10. The molecule has 4 aromatic rings. The van der Waals surface area contributed by atoms with Crippen LogP contribution in [-0.2, 0) is 4.79 Å². The van der Waals surface area contributed by atoms with Gasteiger partial charge in [0.2, 0.25) is 0 Å². The maximum absolute atomic E-state index is 14.1. The Morgan fingerprint density at radius 1 is 1.14 bits per heavy atom. The number of halogens is 1. The second kappa shape index (κ2) is 13.3. The highest BCUT2D eigenvalue weighted by atomic mass is 79.9. The van der Waals surface area contributed by atoms with Gasteiger partial charge in [-0.25, -0.2) is 4.99 Å². The summed E-state index contributed by atoms with van der Waals surface area (Å²) >= 11 is 4.82. The van der Waals surface area contributed by atoms with Gasteiger partial charge < -0.3 is 19.5 Å². The molecule has 0 aliphatic carbocycles. The summed E-state index contributed by atoms with van der Waals surface area (Å²) in [6, 6.07) is 19.6. The van der Waals surface area contributed by atoms with Crippen LogP contribution in [0, 0.1) is 0 Å². The van der Waals surface area contributed by atoms with Gasteiger partial charge in [-0.2, -0.15) is 0 Å². The molecule has 0 radical (unpaired) electrons. The molecule has 0 bridgehead atoms. The van der Waals surface area contributed by atoms with Crippen LogP contribution in [0.5, 0.6) is 17.2 Å². The zero-order valence-electron chi connectivity index (χ0n) is 23.9. The van der Waals surface area contributed by atoms with Crippen LogP contribution in [0.25, 0.3) is 6.08 Å². The monoisotopic (exact) mass is 659 g/mol. The van der Waals surface area contributed by atoms with Crippen molar-refractivity contribution in [1.29, 1.82) is 0 Å². The van der Waals surface area contributed by atoms with E-state index in [1.165, 1.54) is 11.3 Å². The van der Waals surface area contributed by atoms with E-state index in [2.05, 4.69) is 27.8 Å². The van der Waals surface area contributed by atoms with Crippen LogP contribution in [0.1, 0.15) is 31.0 Å². The number of ether oxygens (including phenoxy) is 3. The van der Waals surface area contributed by atoms with Gasteiger partial charge >= 0.3 is 0 Å². The molecule has 1 N–H and O–H groups in total. The first-order valence-corrected chi connectivity index (χ1v) is 15.2. The molecule has 0 spiro atoms. The Bertz CT molecular complexity index is 1880. The van der Waals surface area contributed by atoms with Crippen LogP contribution >= 0.6 is 27.3 Å². The van der Waals surface area contributed by atoms with Gasteiger partial charge in [-0.1, -0.05) is 54.3 Å². The smallest absolute Gasteiger partial charge is 0.271 e. The summed E-state index contributed by atoms with van der Waals surface area (Å²) in [5.74, 6) is 1.43. The van der Waals surface area contributed by atoms with Crippen LogP contribution in [0.15, 0.2) is 105 Å². The van der Waals surface area contributed by atoms with Crippen LogP contribution < -0.4 is 34.4 Å². The topological polar surface area (TPSA) is 91.2 Å². The number of amides is 1. The highest BCUT2D eigenvalue weighted by molar-refractivity contribution is 9.10. The van der Waals surface area contributed by atoms with Crippen molar-refractivity contribution < 1.29 is 19.0 Å². The molecule has 0 saturated heterocycles. The summed E-state index contributed by atoms with van der Waals surface area (Å²) in [6.07, 6.45) is 3.43. The second-order valence-corrected chi connectivity index (χ2v) is 11.4. The number of anilines is 1. The number of allylic oxidation sites excluding steroid dienone is 1. The van der Waals surface area contributed by atoms with Crippen molar-refractivity contribution in [1.82, 2.24) is 4.57 Å². The predicted octanol–water partition coefficient (Wildman–Crippen LogP) is 5.61. The van der Waals surface area contributed by atoms with Crippen molar-refractivity contribution in [3.05, 3.63) is 126 Å².